The highest BCUT2D eigenvalue weighted by Crippen LogP contribution is 2.18. The molecule has 1 aliphatic heterocycles. The van der Waals surface area contributed by atoms with Gasteiger partial charge in [0.1, 0.15) is 0 Å². The van der Waals surface area contributed by atoms with E-state index in [1.54, 1.807) is 24.3 Å². The molecule has 2 heterocycles. The highest BCUT2D eigenvalue weighted by Gasteiger charge is 2.18. The first-order valence-corrected chi connectivity index (χ1v) is 8.90. The number of hydrogen-bond acceptors (Lipinski definition) is 3. The van der Waals surface area contributed by atoms with Crippen molar-refractivity contribution in [3.05, 3.63) is 64.5 Å². The van der Waals surface area contributed by atoms with Crippen LogP contribution in [0.1, 0.15) is 29.0 Å². The van der Waals surface area contributed by atoms with Crippen molar-refractivity contribution < 1.29 is 14.0 Å². The summed E-state index contributed by atoms with van der Waals surface area (Å²) in [6, 6.07) is 10.6. The quantitative estimate of drug-likeness (QED) is 0.785. The second-order valence-corrected chi connectivity index (χ2v) is 6.84. The maximum atomic E-state index is 12.3. The van der Waals surface area contributed by atoms with Crippen LogP contribution < -0.4 is 5.32 Å². The number of likely N-dealkylation sites (tertiary alicyclic amines) is 1. The Morgan fingerprint density at radius 2 is 1.80 bits per heavy atom. The second kappa shape index (κ2) is 7.70. The minimum atomic E-state index is -0.317. The maximum Gasteiger partial charge on any atom is 0.291 e. The van der Waals surface area contributed by atoms with Crippen LogP contribution >= 0.6 is 15.9 Å². The first kappa shape index (κ1) is 17.5. The number of halogens is 1. The van der Waals surface area contributed by atoms with Crippen LogP contribution in [-0.4, -0.2) is 29.8 Å². The van der Waals surface area contributed by atoms with Crippen LogP contribution in [0.3, 0.4) is 0 Å². The molecule has 25 heavy (non-hydrogen) atoms. The van der Waals surface area contributed by atoms with E-state index < -0.39 is 0 Å². The summed E-state index contributed by atoms with van der Waals surface area (Å²) in [5.74, 6) is 0.0469. The number of nitrogens with one attached hydrogen (secondary N) is 1. The third-order valence-electron chi connectivity index (χ3n) is 4.19. The Balaban J connectivity index is 1.56. The first-order chi connectivity index (χ1) is 12.0. The highest BCUT2D eigenvalue weighted by atomic mass is 79.9. The van der Waals surface area contributed by atoms with Gasteiger partial charge in [0, 0.05) is 18.8 Å². The molecule has 1 aliphatic rings. The fourth-order valence-corrected chi connectivity index (χ4v) is 3.00. The summed E-state index contributed by atoms with van der Waals surface area (Å²) in [5.41, 5.74) is 2.80. The molecule has 5 nitrogen and oxygen atoms in total. The molecule has 1 aromatic carbocycles. The van der Waals surface area contributed by atoms with Crippen molar-refractivity contribution in [1.29, 1.82) is 0 Å². The van der Waals surface area contributed by atoms with E-state index in [2.05, 4.69) is 27.8 Å². The molecular weight excluding hydrogens is 384 g/mol. The summed E-state index contributed by atoms with van der Waals surface area (Å²) in [7, 11) is 0. The number of carbonyl (C=O) groups excluding carboxylic acids is 2. The Kier molecular flexibility index (Phi) is 5.38. The molecule has 0 spiro atoms. The van der Waals surface area contributed by atoms with E-state index in [1.165, 1.54) is 5.57 Å². The van der Waals surface area contributed by atoms with Crippen LogP contribution in [0, 0.1) is 0 Å². The molecule has 130 valence electrons. The number of hydrogen-bond donors (Lipinski definition) is 1. The summed E-state index contributed by atoms with van der Waals surface area (Å²) < 4.78 is 5.72. The van der Waals surface area contributed by atoms with E-state index in [4.69, 9.17) is 4.42 Å². The largest absolute Gasteiger partial charge is 0.444 e. The summed E-state index contributed by atoms with van der Waals surface area (Å²) in [4.78, 5) is 26.3. The van der Waals surface area contributed by atoms with Gasteiger partial charge < -0.3 is 14.6 Å². The average Bonchev–Trinajstić information content (AvgIpc) is 3.04. The van der Waals surface area contributed by atoms with Crippen LogP contribution in [0.4, 0.5) is 5.69 Å². The van der Waals surface area contributed by atoms with Gasteiger partial charge in [0.25, 0.3) is 5.91 Å². The fourth-order valence-electron chi connectivity index (χ4n) is 2.69. The number of amides is 2. The van der Waals surface area contributed by atoms with Gasteiger partial charge in [-0.3, -0.25) is 9.59 Å². The molecule has 0 unspecified atom stereocenters. The smallest absolute Gasteiger partial charge is 0.291 e. The van der Waals surface area contributed by atoms with Gasteiger partial charge in [0.2, 0.25) is 5.91 Å². The van der Waals surface area contributed by atoms with Crippen LogP contribution in [0.15, 0.2) is 57.6 Å². The molecule has 0 radical (unpaired) electrons. The van der Waals surface area contributed by atoms with Gasteiger partial charge in [-0.1, -0.05) is 24.3 Å². The SMILES string of the molecule is C=C1CCN(C(=O)Cc2ccc(NC(=O)c3ccc(Br)o3)cc2)CC1. The van der Waals surface area contributed by atoms with Crippen LogP contribution in [0.5, 0.6) is 0 Å². The van der Waals surface area contributed by atoms with Crippen molar-refractivity contribution in [3.8, 4) is 0 Å². The van der Waals surface area contributed by atoms with Crippen molar-refractivity contribution in [3.63, 3.8) is 0 Å². The minimum absolute atomic E-state index is 0.129. The molecule has 0 saturated carbocycles. The lowest BCUT2D eigenvalue weighted by molar-refractivity contribution is -0.130. The third-order valence-corrected chi connectivity index (χ3v) is 4.61. The van der Waals surface area contributed by atoms with E-state index in [0.717, 1.165) is 31.5 Å². The zero-order valence-corrected chi connectivity index (χ0v) is 15.3. The van der Waals surface area contributed by atoms with Crippen molar-refractivity contribution >= 4 is 33.4 Å². The van der Waals surface area contributed by atoms with E-state index in [0.29, 0.717) is 16.8 Å². The van der Waals surface area contributed by atoms with Gasteiger partial charge in [-0.25, -0.2) is 0 Å². The molecule has 1 aromatic heterocycles. The molecule has 6 heteroatoms. The summed E-state index contributed by atoms with van der Waals surface area (Å²) in [6.45, 7) is 5.48. The van der Waals surface area contributed by atoms with Crippen LogP contribution in [0.2, 0.25) is 0 Å². The van der Waals surface area contributed by atoms with Gasteiger partial charge in [0.05, 0.1) is 6.42 Å². The average molecular weight is 403 g/mol. The number of nitrogens with zero attached hydrogens (tertiary/aromatic N) is 1. The summed E-state index contributed by atoms with van der Waals surface area (Å²) >= 11 is 3.17. The zero-order valence-electron chi connectivity index (χ0n) is 13.8. The second-order valence-electron chi connectivity index (χ2n) is 6.06. The van der Waals surface area contributed by atoms with E-state index >= 15 is 0 Å². The standard InChI is InChI=1S/C19H19BrN2O3/c1-13-8-10-22(11-9-13)18(23)12-14-2-4-15(5-3-14)21-19(24)16-6-7-17(20)25-16/h2-7H,1,8-12H2,(H,21,24). The Morgan fingerprint density at radius 1 is 1.12 bits per heavy atom. The molecule has 2 amide bonds. The zero-order chi connectivity index (χ0) is 17.8. The van der Waals surface area contributed by atoms with Crippen molar-refractivity contribution in [1.82, 2.24) is 4.90 Å². The Labute approximate surface area is 154 Å². The molecule has 1 saturated heterocycles. The number of rotatable bonds is 4. The topological polar surface area (TPSA) is 62.6 Å². The first-order valence-electron chi connectivity index (χ1n) is 8.11. The third kappa shape index (κ3) is 4.60. The normalized spacial score (nSPS) is 14.4. The molecule has 1 N–H and O–H groups in total. The predicted molar refractivity (Wildman–Crippen MR) is 99.5 cm³/mol. The number of carbonyl (C=O) groups is 2. The van der Waals surface area contributed by atoms with E-state index in [-0.39, 0.29) is 17.6 Å². The van der Waals surface area contributed by atoms with Gasteiger partial charge in [-0.2, -0.15) is 0 Å². The lowest BCUT2D eigenvalue weighted by Crippen LogP contribution is -2.37. The Hall–Kier alpha value is -2.34. The van der Waals surface area contributed by atoms with Crippen molar-refractivity contribution in [2.45, 2.75) is 19.3 Å². The lowest BCUT2D eigenvalue weighted by atomic mass is 10.0. The van der Waals surface area contributed by atoms with Gasteiger partial charge >= 0.3 is 0 Å². The monoisotopic (exact) mass is 402 g/mol. The van der Waals surface area contributed by atoms with Crippen molar-refractivity contribution in [2.75, 3.05) is 18.4 Å². The molecule has 3 rings (SSSR count). The van der Waals surface area contributed by atoms with E-state index in [1.807, 2.05) is 17.0 Å². The molecule has 2 aromatic rings. The number of piperidine rings is 1. The summed E-state index contributed by atoms with van der Waals surface area (Å²) in [5, 5.41) is 2.76. The number of furan rings is 1. The molecular formula is C19H19BrN2O3. The Bertz CT molecular complexity index is 785. The van der Waals surface area contributed by atoms with Crippen LogP contribution in [0.25, 0.3) is 0 Å². The minimum Gasteiger partial charge on any atom is -0.444 e. The molecule has 0 aliphatic carbocycles. The maximum absolute atomic E-state index is 12.3. The lowest BCUT2D eigenvalue weighted by Gasteiger charge is -2.28. The van der Waals surface area contributed by atoms with Crippen molar-refractivity contribution in [2.24, 2.45) is 0 Å². The number of benzene rings is 1. The number of anilines is 1. The fraction of sp³-hybridized carbons (Fsp3) is 0.263. The highest BCUT2D eigenvalue weighted by molar-refractivity contribution is 9.10. The Morgan fingerprint density at radius 3 is 2.40 bits per heavy atom. The molecule has 0 atom stereocenters. The summed E-state index contributed by atoms with van der Waals surface area (Å²) in [6.07, 6.45) is 2.14. The molecule has 0 bridgehead atoms. The van der Waals surface area contributed by atoms with Gasteiger partial charge in [-0.05, 0) is 58.6 Å². The van der Waals surface area contributed by atoms with Gasteiger partial charge in [-0.15, -0.1) is 0 Å². The molecule has 1 fully saturated rings. The van der Waals surface area contributed by atoms with Crippen LogP contribution in [-0.2, 0) is 11.2 Å². The van der Waals surface area contributed by atoms with E-state index in [9.17, 15) is 9.59 Å². The van der Waals surface area contributed by atoms with Gasteiger partial charge in [0.15, 0.2) is 10.4 Å². The predicted octanol–water partition coefficient (Wildman–Crippen LogP) is 4.02.